The van der Waals surface area contributed by atoms with Crippen LogP contribution in [-0.2, 0) is 9.53 Å². The lowest BCUT2D eigenvalue weighted by molar-refractivity contribution is -0.121. The summed E-state index contributed by atoms with van der Waals surface area (Å²) in [5.41, 5.74) is 5.06. The quantitative estimate of drug-likeness (QED) is 0.605. The van der Waals surface area contributed by atoms with Gasteiger partial charge in [-0.2, -0.15) is 0 Å². The number of ether oxygens (including phenoxy) is 1. The van der Waals surface area contributed by atoms with E-state index in [2.05, 4.69) is 20.9 Å². The van der Waals surface area contributed by atoms with E-state index in [1.165, 1.54) is 23.9 Å². The van der Waals surface area contributed by atoms with Crippen LogP contribution in [0.15, 0.2) is 59.8 Å². The number of aromatic nitrogens is 3. The van der Waals surface area contributed by atoms with Gasteiger partial charge in [-0.3, -0.25) is 4.79 Å². The summed E-state index contributed by atoms with van der Waals surface area (Å²) < 4.78 is 20.2. The van der Waals surface area contributed by atoms with Gasteiger partial charge in [0.05, 0.1) is 12.6 Å². The number of benzene rings is 2. The second kappa shape index (κ2) is 8.62. The lowest BCUT2D eigenvalue weighted by Crippen LogP contribution is -2.44. The minimum atomic E-state index is -0.502. The molecule has 1 aliphatic heterocycles. The smallest absolute Gasteiger partial charge is 0.236 e. The normalized spacial score (nSPS) is 18.0. The Morgan fingerprint density at radius 1 is 1.21 bits per heavy atom. The SMILES string of the molecule is COCCNC(=O)[C@@H]1Sc2nnc(-c3ccccc3)n2N[C@H]1c1ccc(F)cc1. The van der Waals surface area contributed by atoms with Crippen LogP contribution in [0.25, 0.3) is 11.4 Å². The van der Waals surface area contributed by atoms with Crippen LogP contribution in [0.5, 0.6) is 0 Å². The molecule has 9 heteroatoms. The van der Waals surface area contributed by atoms with Gasteiger partial charge in [0, 0.05) is 19.2 Å². The third kappa shape index (κ3) is 4.10. The van der Waals surface area contributed by atoms with Crippen molar-refractivity contribution in [2.75, 3.05) is 25.7 Å². The zero-order valence-corrected chi connectivity index (χ0v) is 16.5. The fraction of sp³-hybridized carbons (Fsp3) is 0.250. The van der Waals surface area contributed by atoms with Crippen molar-refractivity contribution in [3.8, 4) is 11.4 Å². The van der Waals surface area contributed by atoms with Crippen molar-refractivity contribution in [2.45, 2.75) is 16.4 Å². The van der Waals surface area contributed by atoms with Crippen molar-refractivity contribution in [3.63, 3.8) is 0 Å². The fourth-order valence-electron chi connectivity index (χ4n) is 3.13. The average molecular weight is 413 g/mol. The number of nitrogens with one attached hydrogen (secondary N) is 2. The molecule has 1 amide bonds. The highest BCUT2D eigenvalue weighted by molar-refractivity contribution is 8.00. The van der Waals surface area contributed by atoms with Crippen molar-refractivity contribution >= 4 is 17.7 Å². The molecule has 2 N–H and O–H groups in total. The van der Waals surface area contributed by atoms with E-state index in [1.807, 2.05) is 30.3 Å². The van der Waals surface area contributed by atoms with Gasteiger partial charge in [0.1, 0.15) is 11.1 Å². The van der Waals surface area contributed by atoms with Gasteiger partial charge in [0.2, 0.25) is 11.1 Å². The molecule has 2 atom stereocenters. The molecule has 3 aromatic rings. The first-order chi connectivity index (χ1) is 14.2. The van der Waals surface area contributed by atoms with Gasteiger partial charge in [0.15, 0.2) is 5.82 Å². The molecule has 0 bridgehead atoms. The summed E-state index contributed by atoms with van der Waals surface area (Å²) in [5, 5.41) is 11.5. The first-order valence-electron chi connectivity index (χ1n) is 9.13. The predicted octanol–water partition coefficient (Wildman–Crippen LogP) is 2.61. The van der Waals surface area contributed by atoms with Gasteiger partial charge in [-0.25, -0.2) is 9.07 Å². The zero-order chi connectivity index (χ0) is 20.2. The third-order valence-electron chi connectivity index (χ3n) is 4.56. The third-order valence-corrected chi connectivity index (χ3v) is 5.78. The van der Waals surface area contributed by atoms with Crippen molar-refractivity contribution in [1.82, 2.24) is 20.2 Å². The molecule has 0 saturated carbocycles. The highest BCUT2D eigenvalue weighted by Gasteiger charge is 2.37. The van der Waals surface area contributed by atoms with Crippen LogP contribution >= 0.6 is 11.8 Å². The Balaban J connectivity index is 1.68. The van der Waals surface area contributed by atoms with Crippen molar-refractivity contribution in [3.05, 3.63) is 66.0 Å². The summed E-state index contributed by atoms with van der Waals surface area (Å²) in [6.45, 7) is 0.830. The van der Waals surface area contributed by atoms with Gasteiger partial charge in [-0.15, -0.1) is 10.2 Å². The fourth-order valence-corrected chi connectivity index (χ4v) is 4.23. The van der Waals surface area contributed by atoms with E-state index in [4.69, 9.17) is 4.74 Å². The van der Waals surface area contributed by atoms with E-state index in [9.17, 15) is 9.18 Å². The largest absolute Gasteiger partial charge is 0.383 e. The molecule has 0 saturated heterocycles. The number of carbonyl (C=O) groups is 1. The molecule has 0 unspecified atom stereocenters. The minimum Gasteiger partial charge on any atom is -0.383 e. The van der Waals surface area contributed by atoms with E-state index < -0.39 is 11.3 Å². The Bertz CT molecular complexity index is 980. The van der Waals surface area contributed by atoms with E-state index in [0.717, 1.165) is 11.1 Å². The van der Waals surface area contributed by atoms with Crippen molar-refractivity contribution in [1.29, 1.82) is 0 Å². The Morgan fingerprint density at radius 2 is 1.97 bits per heavy atom. The maximum Gasteiger partial charge on any atom is 0.236 e. The van der Waals surface area contributed by atoms with E-state index in [0.29, 0.717) is 24.1 Å². The number of amides is 1. The van der Waals surface area contributed by atoms with Gasteiger partial charge >= 0.3 is 0 Å². The Kier molecular flexibility index (Phi) is 5.77. The molecule has 2 aromatic carbocycles. The number of thioether (sulfide) groups is 1. The number of hydrogen-bond acceptors (Lipinski definition) is 6. The maximum absolute atomic E-state index is 13.4. The van der Waals surface area contributed by atoms with Gasteiger partial charge in [-0.05, 0) is 17.7 Å². The number of hydrogen-bond donors (Lipinski definition) is 2. The molecule has 0 radical (unpaired) electrons. The van der Waals surface area contributed by atoms with Crippen LogP contribution in [0.3, 0.4) is 0 Å². The molecular formula is C20H20FN5O2S. The highest BCUT2D eigenvalue weighted by Crippen LogP contribution is 2.38. The molecule has 0 fully saturated rings. The number of methoxy groups -OCH3 is 1. The lowest BCUT2D eigenvalue weighted by atomic mass is 10.0. The molecule has 4 rings (SSSR count). The van der Waals surface area contributed by atoms with Gasteiger partial charge in [-0.1, -0.05) is 54.2 Å². The first-order valence-corrected chi connectivity index (χ1v) is 10.0. The molecule has 7 nitrogen and oxygen atoms in total. The highest BCUT2D eigenvalue weighted by atomic mass is 32.2. The molecule has 0 aliphatic carbocycles. The maximum atomic E-state index is 13.4. The molecule has 0 spiro atoms. The summed E-state index contributed by atoms with van der Waals surface area (Å²) in [4.78, 5) is 12.9. The Labute approximate surface area is 171 Å². The summed E-state index contributed by atoms with van der Waals surface area (Å²) >= 11 is 1.33. The van der Waals surface area contributed by atoms with E-state index in [1.54, 1.807) is 23.9 Å². The minimum absolute atomic E-state index is 0.149. The number of nitrogens with zero attached hydrogens (tertiary/aromatic N) is 3. The predicted molar refractivity (Wildman–Crippen MR) is 108 cm³/mol. The molecule has 150 valence electrons. The van der Waals surface area contributed by atoms with E-state index in [-0.39, 0.29) is 11.7 Å². The first kappa shape index (κ1) is 19.4. The van der Waals surface area contributed by atoms with Gasteiger partial charge in [0.25, 0.3) is 0 Å². The van der Waals surface area contributed by atoms with Crippen LogP contribution < -0.4 is 10.7 Å². The number of fused-ring (bicyclic) bond motifs is 1. The Morgan fingerprint density at radius 3 is 2.69 bits per heavy atom. The second-order valence-corrected chi connectivity index (χ2v) is 7.60. The molecular weight excluding hydrogens is 393 g/mol. The van der Waals surface area contributed by atoms with Crippen LogP contribution in [0.1, 0.15) is 11.6 Å². The summed E-state index contributed by atoms with van der Waals surface area (Å²) in [6.07, 6.45) is 0. The number of carbonyl (C=O) groups excluding carboxylic acids is 1. The van der Waals surface area contributed by atoms with Crippen LogP contribution in [0.4, 0.5) is 4.39 Å². The second-order valence-electron chi connectivity index (χ2n) is 6.49. The van der Waals surface area contributed by atoms with Crippen LogP contribution in [-0.4, -0.2) is 46.3 Å². The number of halogens is 1. The standard InChI is InChI=1S/C20H20FN5O2S/c1-28-12-11-22-19(27)17-16(13-7-9-15(21)10-8-13)25-26-18(23-24-20(26)29-17)14-5-3-2-4-6-14/h2-10,16-17,25H,11-12H2,1H3,(H,22,27)/t16-,17+/m0/s1. The van der Waals surface area contributed by atoms with Crippen LogP contribution in [0, 0.1) is 5.82 Å². The molecule has 29 heavy (non-hydrogen) atoms. The average Bonchev–Trinajstić information content (AvgIpc) is 3.17. The van der Waals surface area contributed by atoms with Crippen LogP contribution in [0.2, 0.25) is 0 Å². The topological polar surface area (TPSA) is 81.1 Å². The lowest BCUT2D eigenvalue weighted by Gasteiger charge is -2.33. The van der Waals surface area contributed by atoms with E-state index >= 15 is 0 Å². The summed E-state index contributed by atoms with van der Waals surface area (Å²) in [5.74, 6) is 0.177. The van der Waals surface area contributed by atoms with Crippen molar-refractivity contribution < 1.29 is 13.9 Å². The monoisotopic (exact) mass is 413 g/mol. The molecule has 1 aromatic heterocycles. The summed E-state index contributed by atoms with van der Waals surface area (Å²) in [6, 6.07) is 15.4. The zero-order valence-electron chi connectivity index (χ0n) is 15.7. The molecule has 1 aliphatic rings. The summed E-state index contributed by atoms with van der Waals surface area (Å²) in [7, 11) is 1.58. The van der Waals surface area contributed by atoms with Crippen molar-refractivity contribution in [2.24, 2.45) is 0 Å². The van der Waals surface area contributed by atoms with Gasteiger partial charge < -0.3 is 15.5 Å². The molecule has 2 heterocycles. The Hall–Kier alpha value is -2.91. The number of rotatable bonds is 6.